The molecule has 1 fully saturated rings. The predicted molar refractivity (Wildman–Crippen MR) is 76.2 cm³/mol. The van der Waals surface area contributed by atoms with Gasteiger partial charge in [-0.2, -0.15) is 0 Å². The van der Waals surface area contributed by atoms with Gasteiger partial charge < -0.3 is 10.6 Å². The van der Waals surface area contributed by atoms with E-state index in [1.807, 2.05) is 0 Å². The van der Waals surface area contributed by atoms with Crippen LogP contribution in [0, 0.1) is 5.41 Å². The van der Waals surface area contributed by atoms with Gasteiger partial charge in [-0.15, -0.1) is 0 Å². The van der Waals surface area contributed by atoms with Crippen LogP contribution in [0.15, 0.2) is 30.3 Å². The predicted octanol–water partition coefficient (Wildman–Crippen LogP) is 1.52. The Balaban J connectivity index is 1.86. The highest BCUT2D eigenvalue weighted by Crippen LogP contribution is 2.17. The molecule has 1 aliphatic heterocycles. The number of piperazine rings is 1. The molecule has 1 atom stereocenters. The first kappa shape index (κ1) is 12.9. The number of nitrogens with two attached hydrogens (primary N) is 1. The zero-order chi connectivity index (χ0) is 13.0. The van der Waals surface area contributed by atoms with Crippen LogP contribution in [-0.4, -0.2) is 43.0 Å². The molecule has 0 amide bonds. The summed E-state index contributed by atoms with van der Waals surface area (Å²) in [7, 11) is 0. The minimum Gasteiger partial charge on any atom is -0.388 e. The van der Waals surface area contributed by atoms with Crippen molar-refractivity contribution < 1.29 is 0 Å². The summed E-state index contributed by atoms with van der Waals surface area (Å²) in [4.78, 5) is 4.83. The number of nitrogens with zero attached hydrogens (tertiary/aromatic N) is 2. The van der Waals surface area contributed by atoms with Crippen molar-refractivity contribution in [1.29, 1.82) is 5.41 Å². The third-order valence-electron chi connectivity index (χ3n) is 3.57. The highest BCUT2D eigenvalue weighted by Gasteiger charge is 2.21. The standard InChI is InChI=1S/C14H22N4/c1-12(11-14(15)16)17-7-9-18(10-8-17)13-5-3-2-4-6-13/h2-6,12H,7-11H2,1H3,(H3,15,16). The van der Waals surface area contributed by atoms with Crippen LogP contribution in [-0.2, 0) is 0 Å². The molecule has 98 valence electrons. The van der Waals surface area contributed by atoms with Crippen molar-refractivity contribution in [1.82, 2.24) is 4.90 Å². The molecular weight excluding hydrogens is 224 g/mol. The SMILES string of the molecule is CC(CC(=N)N)N1CCN(c2ccccc2)CC1. The van der Waals surface area contributed by atoms with Gasteiger partial charge in [0.1, 0.15) is 0 Å². The first-order chi connectivity index (χ1) is 8.66. The van der Waals surface area contributed by atoms with Gasteiger partial charge in [0.2, 0.25) is 0 Å². The molecule has 4 nitrogen and oxygen atoms in total. The average Bonchev–Trinajstić information content (AvgIpc) is 2.39. The number of benzene rings is 1. The first-order valence-corrected chi connectivity index (χ1v) is 6.54. The molecule has 0 aromatic heterocycles. The van der Waals surface area contributed by atoms with Gasteiger partial charge in [0.15, 0.2) is 0 Å². The monoisotopic (exact) mass is 246 g/mol. The summed E-state index contributed by atoms with van der Waals surface area (Å²) in [5.74, 6) is 0.285. The Morgan fingerprint density at radius 2 is 1.83 bits per heavy atom. The maximum Gasteiger partial charge on any atom is 0.0920 e. The molecule has 0 saturated carbocycles. The second kappa shape index (κ2) is 5.87. The minimum atomic E-state index is 0.285. The zero-order valence-corrected chi connectivity index (χ0v) is 11.0. The average molecular weight is 246 g/mol. The molecule has 0 aliphatic carbocycles. The van der Waals surface area contributed by atoms with E-state index in [0.717, 1.165) is 26.2 Å². The number of hydrogen-bond acceptors (Lipinski definition) is 3. The molecule has 1 aliphatic rings. The Hall–Kier alpha value is -1.55. The molecule has 0 spiro atoms. The largest absolute Gasteiger partial charge is 0.388 e. The Labute approximate surface area is 109 Å². The topological polar surface area (TPSA) is 56.4 Å². The van der Waals surface area contributed by atoms with Gasteiger partial charge in [-0.3, -0.25) is 10.3 Å². The molecular formula is C14H22N4. The van der Waals surface area contributed by atoms with Crippen molar-refractivity contribution in [3.05, 3.63) is 30.3 Å². The van der Waals surface area contributed by atoms with Gasteiger partial charge in [0.05, 0.1) is 5.84 Å². The lowest BCUT2D eigenvalue weighted by Gasteiger charge is -2.39. The van der Waals surface area contributed by atoms with Crippen LogP contribution in [0.4, 0.5) is 5.69 Å². The van der Waals surface area contributed by atoms with Crippen LogP contribution in [0.25, 0.3) is 0 Å². The van der Waals surface area contributed by atoms with Crippen LogP contribution in [0.5, 0.6) is 0 Å². The van der Waals surface area contributed by atoms with Gasteiger partial charge in [0, 0.05) is 44.3 Å². The van der Waals surface area contributed by atoms with Crippen LogP contribution < -0.4 is 10.6 Å². The molecule has 1 saturated heterocycles. The number of hydrogen-bond donors (Lipinski definition) is 2. The molecule has 1 aromatic rings. The maximum atomic E-state index is 7.36. The summed E-state index contributed by atoms with van der Waals surface area (Å²) in [6.45, 7) is 6.34. The third-order valence-corrected chi connectivity index (χ3v) is 3.57. The number of para-hydroxylation sites is 1. The van der Waals surface area contributed by atoms with Gasteiger partial charge in [0.25, 0.3) is 0 Å². The van der Waals surface area contributed by atoms with E-state index in [0.29, 0.717) is 12.5 Å². The second-order valence-electron chi connectivity index (χ2n) is 4.94. The summed E-state index contributed by atoms with van der Waals surface area (Å²) < 4.78 is 0. The van der Waals surface area contributed by atoms with Crippen molar-refractivity contribution in [3.8, 4) is 0 Å². The molecule has 0 radical (unpaired) electrons. The van der Waals surface area contributed by atoms with E-state index < -0.39 is 0 Å². The van der Waals surface area contributed by atoms with E-state index >= 15 is 0 Å². The summed E-state index contributed by atoms with van der Waals surface area (Å²) >= 11 is 0. The van der Waals surface area contributed by atoms with Crippen LogP contribution in [0.2, 0.25) is 0 Å². The van der Waals surface area contributed by atoms with E-state index in [4.69, 9.17) is 11.1 Å². The first-order valence-electron chi connectivity index (χ1n) is 6.54. The quantitative estimate of drug-likeness (QED) is 0.625. The lowest BCUT2D eigenvalue weighted by Crippen LogP contribution is -2.50. The fourth-order valence-electron chi connectivity index (χ4n) is 2.51. The van der Waals surface area contributed by atoms with Gasteiger partial charge >= 0.3 is 0 Å². The highest BCUT2D eigenvalue weighted by molar-refractivity contribution is 5.77. The number of anilines is 1. The smallest absolute Gasteiger partial charge is 0.0920 e. The Kier molecular flexibility index (Phi) is 4.20. The van der Waals surface area contributed by atoms with Crippen molar-refractivity contribution >= 4 is 11.5 Å². The van der Waals surface area contributed by atoms with Crippen LogP contribution in [0.3, 0.4) is 0 Å². The van der Waals surface area contributed by atoms with E-state index in [2.05, 4.69) is 47.1 Å². The molecule has 4 heteroatoms. The Morgan fingerprint density at radius 1 is 1.22 bits per heavy atom. The van der Waals surface area contributed by atoms with Crippen LogP contribution >= 0.6 is 0 Å². The van der Waals surface area contributed by atoms with Crippen molar-refractivity contribution in [2.24, 2.45) is 5.73 Å². The van der Waals surface area contributed by atoms with E-state index in [1.54, 1.807) is 0 Å². The number of amidine groups is 1. The van der Waals surface area contributed by atoms with E-state index in [1.165, 1.54) is 5.69 Å². The summed E-state index contributed by atoms with van der Waals surface area (Å²) in [5.41, 5.74) is 6.77. The molecule has 0 bridgehead atoms. The summed E-state index contributed by atoms with van der Waals surface area (Å²) in [6, 6.07) is 10.9. The van der Waals surface area contributed by atoms with Gasteiger partial charge in [-0.1, -0.05) is 18.2 Å². The normalized spacial score (nSPS) is 18.6. The fourth-order valence-corrected chi connectivity index (χ4v) is 2.51. The Morgan fingerprint density at radius 3 is 2.39 bits per heavy atom. The van der Waals surface area contributed by atoms with E-state index in [9.17, 15) is 0 Å². The molecule has 1 aromatic carbocycles. The molecule has 1 unspecified atom stereocenters. The zero-order valence-electron chi connectivity index (χ0n) is 11.0. The molecule has 2 rings (SSSR count). The summed E-state index contributed by atoms with van der Waals surface area (Å²) in [5, 5.41) is 7.36. The van der Waals surface area contributed by atoms with Crippen molar-refractivity contribution in [2.75, 3.05) is 31.1 Å². The van der Waals surface area contributed by atoms with Crippen molar-refractivity contribution in [3.63, 3.8) is 0 Å². The Bertz CT molecular complexity index is 382. The lowest BCUT2D eigenvalue weighted by atomic mass is 10.1. The van der Waals surface area contributed by atoms with Crippen molar-refractivity contribution in [2.45, 2.75) is 19.4 Å². The highest BCUT2D eigenvalue weighted by atomic mass is 15.3. The minimum absolute atomic E-state index is 0.285. The molecule has 18 heavy (non-hydrogen) atoms. The molecule has 1 heterocycles. The second-order valence-corrected chi connectivity index (χ2v) is 4.94. The fraction of sp³-hybridized carbons (Fsp3) is 0.500. The van der Waals surface area contributed by atoms with E-state index in [-0.39, 0.29) is 5.84 Å². The van der Waals surface area contributed by atoms with Gasteiger partial charge in [-0.25, -0.2) is 0 Å². The number of nitrogens with one attached hydrogen (secondary N) is 1. The third kappa shape index (κ3) is 3.23. The van der Waals surface area contributed by atoms with Gasteiger partial charge in [-0.05, 0) is 19.1 Å². The summed E-state index contributed by atoms with van der Waals surface area (Å²) in [6.07, 6.45) is 0.672. The molecule has 3 N–H and O–H groups in total. The van der Waals surface area contributed by atoms with Crippen LogP contribution in [0.1, 0.15) is 13.3 Å². The maximum absolute atomic E-state index is 7.36. The lowest BCUT2D eigenvalue weighted by molar-refractivity contribution is 0.201. The number of rotatable bonds is 4.